The van der Waals surface area contributed by atoms with Crippen molar-refractivity contribution in [2.24, 2.45) is 0 Å². The number of carbonyl (C=O) groups excluding carboxylic acids is 1. The summed E-state index contributed by atoms with van der Waals surface area (Å²) in [6, 6.07) is 6.79. The number of carbonyl (C=O) groups is 1. The summed E-state index contributed by atoms with van der Waals surface area (Å²) in [6.45, 7) is 2.17. The average Bonchev–Trinajstić information content (AvgIpc) is 2.63. The Bertz CT molecular complexity index is 983. The fourth-order valence-corrected chi connectivity index (χ4v) is 3.73. The zero-order valence-electron chi connectivity index (χ0n) is 14.3. The molecule has 2 heterocycles. The number of nitriles is 1. The van der Waals surface area contributed by atoms with E-state index in [1.54, 1.807) is 19.1 Å². The van der Waals surface area contributed by atoms with Crippen molar-refractivity contribution in [3.63, 3.8) is 0 Å². The number of hydrogen-bond acceptors (Lipinski definition) is 7. The summed E-state index contributed by atoms with van der Waals surface area (Å²) in [5, 5.41) is 10.1. The fraction of sp³-hybridized carbons (Fsp3) is 0.278. The molecule has 0 fully saturated rings. The van der Waals surface area contributed by atoms with Crippen LogP contribution in [0.1, 0.15) is 22.3 Å². The van der Waals surface area contributed by atoms with E-state index < -0.39 is 5.97 Å². The van der Waals surface area contributed by atoms with Gasteiger partial charge < -0.3 is 19.2 Å². The number of rotatable bonds is 5. The van der Waals surface area contributed by atoms with Crippen molar-refractivity contribution in [1.29, 1.82) is 5.26 Å². The first-order valence-electron chi connectivity index (χ1n) is 7.92. The largest absolute Gasteiger partial charge is 0.467 e. The minimum atomic E-state index is -0.493. The van der Waals surface area contributed by atoms with Crippen LogP contribution in [0.4, 0.5) is 0 Å². The Hall–Kier alpha value is -2.47. The minimum absolute atomic E-state index is 0.00225. The lowest BCUT2D eigenvalue weighted by Gasteiger charge is -2.21. The number of H-pyrrole nitrogens is 1. The van der Waals surface area contributed by atoms with Crippen LogP contribution in [0.2, 0.25) is 5.02 Å². The lowest BCUT2D eigenvalue weighted by molar-refractivity contribution is -0.141. The first kappa shape index (κ1) is 19.3. The van der Waals surface area contributed by atoms with Crippen molar-refractivity contribution >= 4 is 29.3 Å². The Morgan fingerprint density at radius 3 is 3.04 bits per heavy atom. The number of esters is 1. The van der Waals surface area contributed by atoms with Gasteiger partial charge in [-0.25, -0.2) is 0 Å². The molecule has 0 unspecified atom stereocenters. The number of halogens is 1. The summed E-state index contributed by atoms with van der Waals surface area (Å²) in [7, 11) is 0. The van der Waals surface area contributed by atoms with Crippen molar-refractivity contribution in [1.82, 2.24) is 4.98 Å². The number of fused-ring (bicyclic) bond motifs is 1. The van der Waals surface area contributed by atoms with Gasteiger partial charge in [0, 0.05) is 22.2 Å². The number of pyridine rings is 1. The van der Waals surface area contributed by atoms with Crippen LogP contribution in [0, 0.1) is 18.3 Å². The number of nitrogens with one attached hydrogen (secondary N) is 1. The molecule has 2 aromatic rings. The molecule has 0 radical (unpaired) electrons. The van der Waals surface area contributed by atoms with Crippen LogP contribution in [0.3, 0.4) is 0 Å². The van der Waals surface area contributed by atoms with E-state index in [1.807, 2.05) is 6.07 Å². The molecule has 27 heavy (non-hydrogen) atoms. The third-order valence-electron chi connectivity index (χ3n) is 3.79. The Morgan fingerprint density at radius 2 is 2.26 bits per heavy atom. The third-order valence-corrected chi connectivity index (χ3v) is 4.99. The maximum Gasteiger partial charge on any atom is 0.316 e. The average molecular weight is 407 g/mol. The third kappa shape index (κ3) is 4.63. The number of aromatic amines is 1. The molecule has 140 valence electrons. The molecule has 0 aliphatic carbocycles. The summed E-state index contributed by atoms with van der Waals surface area (Å²) in [4.78, 5) is 26.2. The van der Waals surface area contributed by atoms with E-state index in [0.717, 1.165) is 17.3 Å². The molecule has 0 saturated heterocycles. The van der Waals surface area contributed by atoms with Gasteiger partial charge in [0.05, 0.1) is 22.9 Å². The van der Waals surface area contributed by atoms with Gasteiger partial charge >= 0.3 is 5.97 Å². The van der Waals surface area contributed by atoms with Gasteiger partial charge in [-0.05, 0) is 24.6 Å². The first-order chi connectivity index (χ1) is 13.0. The Labute approximate surface area is 164 Å². The molecule has 3 rings (SSSR count). The maximum atomic E-state index is 12.1. The molecule has 1 aromatic carbocycles. The SMILES string of the molecule is Cc1cc(=O)[nH]c(SCC(=O)OCc2cc(Cl)cc3c2OCOC3)c1C#N. The van der Waals surface area contributed by atoms with Gasteiger partial charge in [0.25, 0.3) is 0 Å². The highest BCUT2D eigenvalue weighted by molar-refractivity contribution is 7.99. The normalized spacial score (nSPS) is 12.6. The van der Waals surface area contributed by atoms with Gasteiger partial charge in [-0.3, -0.25) is 9.59 Å². The van der Waals surface area contributed by atoms with Crippen molar-refractivity contribution in [2.45, 2.75) is 25.2 Å². The standard InChI is InChI=1S/C18H15ClN2O5S/c1-10-2-15(22)21-18(14(10)5-20)27-8-16(23)25-7-12-4-13(19)3-11-6-24-9-26-17(11)12/h2-4H,6-9H2,1H3,(H,21,22). The number of ether oxygens (including phenoxy) is 3. The van der Waals surface area contributed by atoms with E-state index in [1.165, 1.54) is 6.07 Å². The summed E-state index contributed by atoms with van der Waals surface area (Å²) in [5.41, 5.74) is 2.02. The number of thioether (sulfide) groups is 1. The fourth-order valence-electron chi connectivity index (χ4n) is 2.60. The summed E-state index contributed by atoms with van der Waals surface area (Å²) in [5.74, 6) is 0.0637. The highest BCUT2D eigenvalue weighted by Gasteiger charge is 2.18. The van der Waals surface area contributed by atoms with Crippen molar-refractivity contribution < 1.29 is 19.0 Å². The van der Waals surface area contributed by atoms with Gasteiger partial charge in [-0.15, -0.1) is 0 Å². The van der Waals surface area contributed by atoms with E-state index in [-0.39, 0.29) is 24.7 Å². The summed E-state index contributed by atoms with van der Waals surface area (Å²) in [6.07, 6.45) is 0. The van der Waals surface area contributed by atoms with Gasteiger partial charge in [-0.2, -0.15) is 5.26 Å². The highest BCUT2D eigenvalue weighted by atomic mass is 35.5. The Balaban J connectivity index is 1.64. The monoisotopic (exact) mass is 406 g/mol. The molecule has 1 aromatic heterocycles. The van der Waals surface area contributed by atoms with E-state index in [4.69, 9.17) is 25.8 Å². The zero-order valence-corrected chi connectivity index (χ0v) is 15.9. The second kappa shape index (κ2) is 8.48. The van der Waals surface area contributed by atoms with Crippen LogP contribution >= 0.6 is 23.4 Å². The van der Waals surface area contributed by atoms with Crippen LogP contribution in [0.25, 0.3) is 0 Å². The van der Waals surface area contributed by atoms with E-state index >= 15 is 0 Å². The molecule has 0 saturated carbocycles. The molecule has 0 spiro atoms. The molecule has 0 atom stereocenters. The van der Waals surface area contributed by atoms with Crippen LogP contribution in [0.15, 0.2) is 28.0 Å². The van der Waals surface area contributed by atoms with Crippen LogP contribution < -0.4 is 10.3 Å². The molecule has 1 N–H and O–H groups in total. The smallest absolute Gasteiger partial charge is 0.316 e. The van der Waals surface area contributed by atoms with E-state index in [2.05, 4.69) is 4.98 Å². The summed E-state index contributed by atoms with van der Waals surface area (Å²) < 4.78 is 16.0. The first-order valence-corrected chi connectivity index (χ1v) is 9.28. The molecule has 0 amide bonds. The highest BCUT2D eigenvalue weighted by Crippen LogP contribution is 2.32. The lowest BCUT2D eigenvalue weighted by Crippen LogP contribution is -2.15. The van der Waals surface area contributed by atoms with E-state index in [9.17, 15) is 14.9 Å². The zero-order chi connectivity index (χ0) is 19.4. The number of aryl methyl sites for hydroxylation is 1. The Kier molecular flexibility index (Phi) is 6.06. The number of hydrogen-bond donors (Lipinski definition) is 1. The van der Waals surface area contributed by atoms with E-state index in [0.29, 0.717) is 39.1 Å². The number of nitrogens with zero attached hydrogens (tertiary/aromatic N) is 1. The predicted molar refractivity (Wildman–Crippen MR) is 98.8 cm³/mol. The number of aromatic nitrogens is 1. The van der Waals surface area contributed by atoms with Gasteiger partial charge in [0.15, 0.2) is 6.79 Å². The van der Waals surface area contributed by atoms with Crippen LogP contribution in [-0.4, -0.2) is 23.5 Å². The summed E-state index contributed by atoms with van der Waals surface area (Å²) >= 11 is 7.13. The second-order valence-electron chi connectivity index (χ2n) is 5.75. The van der Waals surface area contributed by atoms with Crippen LogP contribution in [0.5, 0.6) is 5.75 Å². The quantitative estimate of drug-likeness (QED) is 0.601. The lowest BCUT2D eigenvalue weighted by atomic mass is 10.1. The topological polar surface area (TPSA) is 101 Å². The number of benzene rings is 1. The van der Waals surface area contributed by atoms with Gasteiger partial charge in [0.2, 0.25) is 5.56 Å². The molecule has 9 heteroatoms. The van der Waals surface area contributed by atoms with Gasteiger partial charge in [-0.1, -0.05) is 23.4 Å². The molecule has 7 nitrogen and oxygen atoms in total. The molecule has 1 aliphatic rings. The maximum absolute atomic E-state index is 12.1. The van der Waals surface area contributed by atoms with Crippen molar-refractivity contribution in [3.05, 3.63) is 55.8 Å². The van der Waals surface area contributed by atoms with Crippen molar-refractivity contribution in [3.8, 4) is 11.8 Å². The second-order valence-corrected chi connectivity index (χ2v) is 7.17. The predicted octanol–water partition coefficient (Wildman–Crippen LogP) is 2.91. The molecular formula is C18H15ClN2O5S. The Morgan fingerprint density at radius 1 is 1.44 bits per heavy atom. The minimum Gasteiger partial charge on any atom is -0.467 e. The molecule has 1 aliphatic heterocycles. The van der Waals surface area contributed by atoms with Crippen LogP contribution in [-0.2, 0) is 27.5 Å². The molecule has 0 bridgehead atoms. The van der Waals surface area contributed by atoms with Gasteiger partial charge in [0.1, 0.15) is 18.4 Å². The molecular weight excluding hydrogens is 392 g/mol. The van der Waals surface area contributed by atoms with Crippen molar-refractivity contribution in [2.75, 3.05) is 12.5 Å².